The zero-order valence-electron chi connectivity index (χ0n) is 23.7. The van der Waals surface area contributed by atoms with Gasteiger partial charge in [-0.1, -0.05) is 34.6 Å². The Hall–Kier alpha value is -0.650. The van der Waals surface area contributed by atoms with Crippen LogP contribution >= 0.6 is 0 Å². The van der Waals surface area contributed by atoms with Crippen molar-refractivity contribution < 1.29 is 19.4 Å². The third-order valence-electron chi connectivity index (χ3n) is 14.0. The highest BCUT2D eigenvalue weighted by Gasteiger charge is 2.83. The lowest BCUT2D eigenvalue weighted by Gasteiger charge is -2.64. The summed E-state index contributed by atoms with van der Waals surface area (Å²) in [6.45, 7) is 14.6. The van der Waals surface area contributed by atoms with Gasteiger partial charge in [0.1, 0.15) is 6.10 Å². The standard InChI is InChI=1S/C31H51NO4/c1-19(10-14-35-6)21-15-24(33)29(5)23-8-7-22-27(2,3)25(36-26(34)20-16-32-17-20)9-11-30(22)18-31(23,30)13-12-28(21,29)4/h19-25,32-33H,7-18H2,1-6H3/t19-,21-,22+,23?,24+,25?,28?,29-,30?,31?/m1/s1. The lowest BCUT2D eigenvalue weighted by atomic mass is 9.41. The van der Waals surface area contributed by atoms with Crippen molar-refractivity contribution in [3.05, 3.63) is 0 Å². The van der Waals surface area contributed by atoms with E-state index in [4.69, 9.17) is 9.47 Å². The molecule has 204 valence electrons. The average molecular weight is 502 g/mol. The molecule has 2 N–H and O–H groups in total. The number of nitrogens with one attached hydrogen (secondary N) is 1. The lowest BCUT2D eigenvalue weighted by molar-refractivity contribution is -0.195. The first-order valence-corrected chi connectivity index (χ1v) is 15.1. The molecule has 0 bridgehead atoms. The summed E-state index contributed by atoms with van der Waals surface area (Å²) in [5.41, 5.74) is 0.998. The molecule has 0 aromatic carbocycles. The molecule has 6 aliphatic rings. The predicted octanol–water partition coefficient (Wildman–Crippen LogP) is 5.20. The number of hydrogen-bond acceptors (Lipinski definition) is 5. The van der Waals surface area contributed by atoms with E-state index in [1.54, 1.807) is 7.11 Å². The highest BCUT2D eigenvalue weighted by atomic mass is 16.5. The smallest absolute Gasteiger partial charge is 0.311 e. The van der Waals surface area contributed by atoms with Gasteiger partial charge in [0.15, 0.2) is 0 Å². The summed E-state index contributed by atoms with van der Waals surface area (Å²) in [5, 5.41) is 15.0. The van der Waals surface area contributed by atoms with Crippen LogP contribution in [-0.4, -0.2) is 50.1 Å². The molecule has 1 aliphatic heterocycles. The maximum Gasteiger partial charge on any atom is 0.311 e. The van der Waals surface area contributed by atoms with Gasteiger partial charge in [-0.3, -0.25) is 4.79 Å². The summed E-state index contributed by atoms with van der Waals surface area (Å²) in [4.78, 5) is 12.8. The van der Waals surface area contributed by atoms with E-state index in [-0.39, 0.29) is 40.3 Å². The lowest BCUT2D eigenvalue weighted by Crippen LogP contribution is -2.60. The van der Waals surface area contributed by atoms with E-state index in [2.05, 4.69) is 39.9 Å². The molecule has 10 atom stereocenters. The van der Waals surface area contributed by atoms with E-state index in [1.165, 1.54) is 38.5 Å². The molecule has 1 saturated heterocycles. The van der Waals surface area contributed by atoms with Crippen LogP contribution in [0.15, 0.2) is 0 Å². The van der Waals surface area contributed by atoms with Crippen molar-refractivity contribution in [2.45, 2.75) is 105 Å². The van der Waals surface area contributed by atoms with Crippen LogP contribution < -0.4 is 5.32 Å². The summed E-state index contributed by atoms with van der Waals surface area (Å²) in [5.74, 6) is 2.47. The van der Waals surface area contributed by atoms with Gasteiger partial charge in [0.2, 0.25) is 0 Å². The number of hydrogen-bond donors (Lipinski definition) is 2. The van der Waals surface area contributed by atoms with Crippen LogP contribution in [0.3, 0.4) is 0 Å². The van der Waals surface area contributed by atoms with E-state index < -0.39 is 0 Å². The molecule has 5 heteroatoms. The monoisotopic (exact) mass is 501 g/mol. The predicted molar refractivity (Wildman–Crippen MR) is 140 cm³/mol. The van der Waals surface area contributed by atoms with E-state index in [1.807, 2.05) is 0 Å². The number of ether oxygens (including phenoxy) is 2. The highest BCUT2D eigenvalue weighted by molar-refractivity contribution is 5.74. The maximum absolute atomic E-state index is 12.8. The van der Waals surface area contributed by atoms with Gasteiger partial charge in [0.25, 0.3) is 0 Å². The molecular weight excluding hydrogens is 450 g/mol. The van der Waals surface area contributed by atoms with E-state index in [0.717, 1.165) is 39.0 Å². The molecule has 0 radical (unpaired) electrons. The van der Waals surface area contributed by atoms with Gasteiger partial charge in [0, 0.05) is 37.6 Å². The number of methoxy groups -OCH3 is 1. The summed E-state index contributed by atoms with van der Waals surface area (Å²) < 4.78 is 11.7. The Kier molecular flexibility index (Phi) is 5.82. The third kappa shape index (κ3) is 3.03. The highest BCUT2D eigenvalue weighted by Crippen LogP contribution is 2.89. The first kappa shape index (κ1) is 25.6. The van der Waals surface area contributed by atoms with Crippen molar-refractivity contribution >= 4 is 5.97 Å². The van der Waals surface area contributed by atoms with Gasteiger partial charge in [-0.25, -0.2) is 0 Å². The normalized spacial score (nSPS) is 51.7. The Morgan fingerprint density at radius 2 is 1.72 bits per heavy atom. The minimum atomic E-state index is -0.199. The van der Waals surface area contributed by atoms with E-state index in [9.17, 15) is 9.90 Å². The molecule has 5 unspecified atom stereocenters. The number of rotatable bonds is 6. The molecule has 0 aromatic rings. The maximum atomic E-state index is 12.8. The Balaban J connectivity index is 1.25. The molecule has 6 fully saturated rings. The van der Waals surface area contributed by atoms with Gasteiger partial charge < -0.3 is 19.9 Å². The number of aliphatic hydroxyl groups excluding tert-OH is 1. The van der Waals surface area contributed by atoms with Crippen LogP contribution in [0.2, 0.25) is 0 Å². The summed E-state index contributed by atoms with van der Waals surface area (Å²) in [6, 6.07) is 0. The molecule has 6 rings (SSSR count). The van der Waals surface area contributed by atoms with Gasteiger partial charge in [0.05, 0.1) is 12.0 Å². The van der Waals surface area contributed by atoms with Crippen molar-refractivity contribution in [2.24, 2.45) is 56.7 Å². The van der Waals surface area contributed by atoms with Crippen LogP contribution in [-0.2, 0) is 14.3 Å². The first-order valence-electron chi connectivity index (χ1n) is 15.1. The SMILES string of the molecule is COCC[C@@H](C)[C@H]1C[C@H](O)[C@@]2(C)C3CC[C@H]4C(C)(C)C(OC(=O)C5CNC5)CCC45CC35CCC12C. The fourth-order valence-corrected chi connectivity index (χ4v) is 11.7. The van der Waals surface area contributed by atoms with Crippen molar-refractivity contribution in [2.75, 3.05) is 26.8 Å². The Labute approximate surface area is 218 Å². The molecule has 5 aliphatic carbocycles. The number of carbonyl (C=O) groups excluding carboxylic acids is 1. The van der Waals surface area contributed by atoms with Crippen molar-refractivity contribution in [1.82, 2.24) is 5.32 Å². The largest absolute Gasteiger partial charge is 0.462 e. The van der Waals surface area contributed by atoms with Crippen molar-refractivity contribution in [3.8, 4) is 0 Å². The van der Waals surface area contributed by atoms with Crippen LogP contribution in [0.1, 0.15) is 92.4 Å². The fraction of sp³-hybridized carbons (Fsp3) is 0.968. The molecule has 0 aromatic heterocycles. The minimum Gasteiger partial charge on any atom is -0.462 e. The van der Waals surface area contributed by atoms with Gasteiger partial charge in [-0.2, -0.15) is 0 Å². The molecular formula is C31H51NO4. The Bertz CT molecular complexity index is 901. The number of carbonyl (C=O) groups is 1. The second-order valence-electron chi connectivity index (χ2n) is 15.1. The van der Waals surface area contributed by atoms with Crippen molar-refractivity contribution in [1.29, 1.82) is 0 Å². The summed E-state index contributed by atoms with van der Waals surface area (Å²) >= 11 is 0. The number of esters is 1. The second kappa shape index (κ2) is 8.18. The Morgan fingerprint density at radius 3 is 2.39 bits per heavy atom. The van der Waals surface area contributed by atoms with Crippen LogP contribution in [0.5, 0.6) is 0 Å². The van der Waals surface area contributed by atoms with Crippen LogP contribution in [0, 0.1) is 56.7 Å². The van der Waals surface area contributed by atoms with Crippen molar-refractivity contribution in [3.63, 3.8) is 0 Å². The molecule has 0 amide bonds. The molecule has 2 spiro atoms. The van der Waals surface area contributed by atoms with E-state index >= 15 is 0 Å². The van der Waals surface area contributed by atoms with Gasteiger partial charge >= 0.3 is 5.97 Å². The summed E-state index contributed by atoms with van der Waals surface area (Å²) in [7, 11) is 1.80. The van der Waals surface area contributed by atoms with Gasteiger partial charge in [-0.15, -0.1) is 0 Å². The number of fused-ring (bicyclic) bond motifs is 2. The average Bonchev–Trinajstić information content (AvgIpc) is 3.41. The fourth-order valence-electron chi connectivity index (χ4n) is 11.7. The van der Waals surface area contributed by atoms with E-state index in [0.29, 0.717) is 34.5 Å². The molecule has 5 nitrogen and oxygen atoms in total. The second-order valence-corrected chi connectivity index (χ2v) is 15.1. The summed E-state index contributed by atoms with van der Waals surface area (Å²) in [6.07, 6.45) is 10.5. The minimum absolute atomic E-state index is 0.00357. The van der Waals surface area contributed by atoms with Gasteiger partial charge in [-0.05, 0) is 97.7 Å². The molecule has 36 heavy (non-hydrogen) atoms. The molecule has 1 heterocycles. The Morgan fingerprint density at radius 1 is 1.03 bits per heavy atom. The zero-order valence-corrected chi connectivity index (χ0v) is 23.7. The van der Waals surface area contributed by atoms with Crippen LogP contribution in [0.25, 0.3) is 0 Å². The topological polar surface area (TPSA) is 67.8 Å². The molecule has 5 saturated carbocycles. The zero-order chi connectivity index (χ0) is 25.7. The first-order chi connectivity index (χ1) is 17.0. The number of aliphatic hydroxyl groups is 1. The third-order valence-corrected chi connectivity index (χ3v) is 14.0. The quantitative estimate of drug-likeness (QED) is 0.490. The van der Waals surface area contributed by atoms with Crippen LogP contribution in [0.4, 0.5) is 0 Å².